The van der Waals surface area contributed by atoms with Gasteiger partial charge in [0.15, 0.2) is 0 Å². The van der Waals surface area contributed by atoms with Gasteiger partial charge in [-0.3, -0.25) is 0 Å². The topological polar surface area (TPSA) is 24.9 Å². The SMILES string of the molecule is CSCC(C)NCc1nc2ccccc2s1. The van der Waals surface area contributed by atoms with Crippen LogP contribution in [-0.4, -0.2) is 23.0 Å². The zero-order valence-corrected chi connectivity index (χ0v) is 11.2. The maximum Gasteiger partial charge on any atom is 0.108 e. The number of thioether (sulfide) groups is 1. The van der Waals surface area contributed by atoms with Crippen molar-refractivity contribution >= 4 is 33.3 Å². The molecule has 0 spiro atoms. The van der Waals surface area contributed by atoms with E-state index in [0.29, 0.717) is 6.04 Å². The molecular formula is C12H16N2S2. The molecule has 0 amide bonds. The predicted octanol–water partition coefficient (Wildman–Crippen LogP) is 3.14. The number of hydrogen-bond acceptors (Lipinski definition) is 4. The number of hydrogen-bond donors (Lipinski definition) is 1. The average Bonchev–Trinajstić information content (AvgIpc) is 2.69. The molecule has 1 unspecified atom stereocenters. The zero-order chi connectivity index (χ0) is 11.4. The average molecular weight is 252 g/mol. The van der Waals surface area contributed by atoms with Crippen molar-refractivity contribution in [2.75, 3.05) is 12.0 Å². The Morgan fingerprint density at radius 1 is 1.44 bits per heavy atom. The van der Waals surface area contributed by atoms with Gasteiger partial charge in [-0.25, -0.2) is 4.98 Å². The molecule has 0 aliphatic heterocycles. The summed E-state index contributed by atoms with van der Waals surface area (Å²) in [6, 6.07) is 8.84. The number of rotatable bonds is 5. The molecule has 1 N–H and O–H groups in total. The van der Waals surface area contributed by atoms with Crippen LogP contribution in [0.1, 0.15) is 11.9 Å². The Balaban J connectivity index is 1.99. The Morgan fingerprint density at radius 3 is 3.00 bits per heavy atom. The van der Waals surface area contributed by atoms with Gasteiger partial charge in [0, 0.05) is 18.3 Å². The van der Waals surface area contributed by atoms with Gasteiger partial charge in [0.05, 0.1) is 10.2 Å². The smallest absolute Gasteiger partial charge is 0.108 e. The van der Waals surface area contributed by atoms with Crippen molar-refractivity contribution in [3.05, 3.63) is 29.3 Å². The lowest BCUT2D eigenvalue weighted by molar-refractivity contribution is 0.595. The molecule has 0 bridgehead atoms. The third-order valence-electron chi connectivity index (χ3n) is 2.36. The first-order chi connectivity index (χ1) is 7.79. The molecular weight excluding hydrogens is 236 g/mol. The van der Waals surface area contributed by atoms with Gasteiger partial charge in [0.2, 0.25) is 0 Å². The first-order valence-corrected chi connectivity index (χ1v) is 7.57. The van der Waals surface area contributed by atoms with Crippen LogP contribution in [0, 0.1) is 0 Å². The van der Waals surface area contributed by atoms with Crippen LogP contribution in [0.25, 0.3) is 10.2 Å². The van der Waals surface area contributed by atoms with Gasteiger partial charge in [0.25, 0.3) is 0 Å². The highest BCUT2D eigenvalue weighted by Crippen LogP contribution is 2.21. The van der Waals surface area contributed by atoms with Crippen molar-refractivity contribution in [1.82, 2.24) is 10.3 Å². The second-order valence-corrected chi connectivity index (χ2v) is 5.84. The molecule has 0 fully saturated rings. The van der Waals surface area contributed by atoms with Crippen LogP contribution in [0.3, 0.4) is 0 Å². The quantitative estimate of drug-likeness (QED) is 0.885. The minimum atomic E-state index is 0.544. The number of fused-ring (bicyclic) bond motifs is 1. The van der Waals surface area contributed by atoms with Gasteiger partial charge in [-0.1, -0.05) is 12.1 Å². The molecule has 0 radical (unpaired) electrons. The van der Waals surface area contributed by atoms with E-state index in [4.69, 9.17) is 0 Å². The minimum Gasteiger partial charge on any atom is -0.307 e. The molecule has 4 heteroatoms. The summed E-state index contributed by atoms with van der Waals surface area (Å²) >= 11 is 3.65. The molecule has 1 atom stereocenters. The summed E-state index contributed by atoms with van der Waals surface area (Å²) in [5, 5.41) is 4.66. The van der Waals surface area contributed by atoms with E-state index in [2.05, 4.69) is 41.7 Å². The molecule has 1 aromatic heterocycles. The Hall–Kier alpha value is -0.580. The van der Waals surface area contributed by atoms with E-state index in [-0.39, 0.29) is 0 Å². The summed E-state index contributed by atoms with van der Waals surface area (Å²) in [5.41, 5.74) is 1.11. The highest BCUT2D eigenvalue weighted by molar-refractivity contribution is 7.98. The van der Waals surface area contributed by atoms with E-state index in [1.807, 2.05) is 17.8 Å². The summed E-state index contributed by atoms with van der Waals surface area (Å²) in [6.45, 7) is 3.09. The van der Waals surface area contributed by atoms with Crippen LogP contribution >= 0.6 is 23.1 Å². The van der Waals surface area contributed by atoms with Gasteiger partial charge < -0.3 is 5.32 Å². The second kappa shape index (κ2) is 5.66. The largest absolute Gasteiger partial charge is 0.307 e. The normalized spacial score (nSPS) is 13.1. The molecule has 16 heavy (non-hydrogen) atoms. The van der Waals surface area contributed by atoms with E-state index in [1.54, 1.807) is 11.3 Å². The van der Waals surface area contributed by atoms with Crippen LogP contribution in [0.5, 0.6) is 0 Å². The number of nitrogens with zero attached hydrogens (tertiary/aromatic N) is 1. The molecule has 2 rings (SSSR count). The lowest BCUT2D eigenvalue weighted by Crippen LogP contribution is -2.27. The molecule has 86 valence electrons. The third-order valence-corrected chi connectivity index (χ3v) is 4.23. The first-order valence-electron chi connectivity index (χ1n) is 5.36. The second-order valence-electron chi connectivity index (χ2n) is 3.81. The van der Waals surface area contributed by atoms with Crippen molar-refractivity contribution in [2.45, 2.75) is 19.5 Å². The number of aromatic nitrogens is 1. The fourth-order valence-corrected chi connectivity index (χ4v) is 3.10. The predicted molar refractivity (Wildman–Crippen MR) is 74.3 cm³/mol. The van der Waals surface area contributed by atoms with E-state index in [9.17, 15) is 0 Å². The van der Waals surface area contributed by atoms with Gasteiger partial charge >= 0.3 is 0 Å². The van der Waals surface area contributed by atoms with Crippen LogP contribution in [0.4, 0.5) is 0 Å². The van der Waals surface area contributed by atoms with E-state index < -0.39 is 0 Å². The van der Waals surface area contributed by atoms with Crippen molar-refractivity contribution in [1.29, 1.82) is 0 Å². The Kier molecular flexibility index (Phi) is 4.21. The molecule has 2 aromatic rings. The maximum absolute atomic E-state index is 4.59. The standard InChI is InChI=1S/C12H16N2S2/c1-9(8-15-2)13-7-12-14-10-5-3-4-6-11(10)16-12/h3-6,9,13H,7-8H2,1-2H3. The van der Waals surface area contributed by atoms with Gasteiger partial charge in [-0.05, 0) is 25.3 Å². The van der Waals surface area contributed by atoms with Crippen LogP contribution < -0.4 is 5.32 Å². The minimum absolute atomic E-state index is 0.544. The Labute approximate surface area is 104 Å². The van der Waals surface area contributed by atoms with E-state index in [1.165, 1.54) is 9.71 Å². The third kappa shape index (κ3) is 2.97. The van der Waals surface area contributed by atoms with Crippen molar-refractivity contribution in [2.24, 2.45) is 0 Å². The Morgan fingerprint density at radius 2 is 2.25 bits per heavy atom. The number of benzene rings is 1. The molecule has 0 aliphatic rings. The van der Waals surface area contributed by atoms with Gasteiger partial charge in [0.1, 0.15) is 5.01 Å². The molecule has 0 saturated carbocycles. The van der Waals surface area contributed by atoms with Crippen molar-refractivity contribution in [3.8, 4) is 0 Å². The highest BCUT2D eigenvalue weighted by Gasteiger charge is 2.04. The van der Waals surface area contributed by atoms with Crippen LogP contribution in [0.15, 0.2) is 24.3 Å². The fourth-order valence-electron chi connectivity index (χ4n) is 1.57. The number of para-hydroxylation sites is 1. The van der Waals surface area contributed by atoms with Crippen molar-refractivity contribution < 1.29 is 0 Å². The van der Waals surface area contributed by atoms with E-state index in [0.717, 1.165) is 17.8 Å². The van der Waals surface area contributed by atoms with Gasteiger partial charge in [-0.15, -0.1) is 11.3 Å². The van der Waals surface area contributed by atoms with Crippen LogP contribution in [-0.2, 0) is 6.54 Å². The Bertz CT molecular complexity index is 420. The lowest BCUT2D eigenvalue weighted by Gasteiger charge is -2.10. The highest BCUT2D eigenvalue weighted by atomic mass is 32.2. The first kappa shape index (κ1) is 11.9. The maximum atomic E-state index is 4.59. The van der Waals surface area contributed by atoms with E-state index >= 15 is 0 Å². The van der Waals surface area contributed by atoms with Crippen LogP contribution in [0.2, 0.25) is 0 Å². The monoisotopic (exact) mass is 252 g/mol. The number of nitrogens with one attached hydrogen (secondary N) is 1. The fraction of sp³-hybridized carbons (Fsp3) is 0.417. The summed E-state index contributed by atoms with van der Waals surface area (Å²) in [5.74, 6) is 1.14. The summed E-state index contributed by atoms with van der Waals surface area (Å²) in [7, 11) is 0. The summed E-state index contributed by atoms with van der Waals surface area (Å²) in [6.07, 6.45) is 2.13. The molecule has 2 nitrogen and oxygen atoms in total. The zero-order valence-electron chi connectivity index (χ0n) is 9.56. The summed E-state index contributed by atoms with van der Waals surface area (Å²) < 4.78 is 1.27. The summed E-state index contributed by atoms with van der Waals surface area (Å²) in [4.78, 5) is 4.59. The molecule has 1 aromatic carbocycles. The van der Waals surface area contributed by atoms with Crippen molar-refractivity contribution in [3.63, 3.8) is 0 Å². The molecule has 0 aliphatic carbocycles. The number of thiazole rings is 1. The molecule has 0 saturated heterocycles. The molecule has 1 heterocycles. The lowest BCUT2D eigenvalue weighted by atomic mass is 10.3. The van der Waals surface area contributed by atoms with Gasteiger partial charge in [-0.2, -0.15) is 11.8 Å².